The van der Waals surface area contributed by atoms with Crippen molar-refractivity contribution >= 4 is 34.3 Å². The zero-order valence-electron chi connectivity index (χ0n) is 14.5. The highest BCUT2D eigenvalue weighted by atomic mass is 35.5. The molecule has 0 aliphatic rings. The smallest absolute Gasteiger partial charge is 0.291 e. The largest absolute Gasteiger partial charge is 0.331 e. The van der Waals surface area contributed by atoms with Crippen LogP contribution in [-0.4, -0.2) is 25.2 Å². The summed E-state index contributed by atoms with van der Waals surface area (Å²) in [5.74, 6) is 0. The van der Waals surface area contributed by atoms with Gasteiger partial charge >= 0.3 is 0 Å². The van der Waals surface area contributed by atoms with E-state index in [-0.39, 0.29) is 5.24 Å². The lowest BCUT2D eigenvalue weighted by molar-refractivity contribution is 0.269. The second-order valence-corrected chi connectivity index (χ2v) is 7.15. The summed E-state index contributed by atoms with van der Waals surface area (Å²) >= 11 is 6.98. The van der Waals surface area contributed by atoms with Gasteiger partial charge < -0.3 is 10.3 Å². The molecular formula is C20H14ClN5OS. The number of hydrogen-bond donors (Lipinski definition) is 2. The molecule has 0 saturated heterocycles. The van der Waals surface area contributed by atoms with E-state index in [4.69, 9.17) is 11.6 Å². The molecule has 138 valence electrons. The maximum absolute atomic E-state index is 12.4. The first-order valence-corrected chi connectivity index (χ1v) is 9.55. The van der Waals surface area contributed by atoms with E-state index in [9.17, 15) is 4.79 Å². The number of hydrogen-bond acceptors (Lipinski definition) is 5. The highest BCUT2D eigenvalue weighted by Crippen LogP contribution is 2.32. The third-order valence-corrected chi connectivity index (χ3v) is 4.77. The number of carbonyl (C=O) groups excluding carboxylic acids is 1. The fraction of sp³-hybridized carbons (Fsp3) is 0. The van der Waals surface area contributed by atoms with Gasteiger partial charge in [0.05, 0.1) is 17.1 Å². The van der Waals surface area contributed by atoms with Gasteiger partial charge in [0, 0.05) is 34.2 Å². The van der Waals surface area contributed by atoms with Crippen molar-refractivity contribution in [2.24, 2.45) is 0 Å². The van der Waals surface area contributed by atoms with Gasteiger partial charge in [0.2, 0.25) is 0 Å². The number of rotatable bonds is 4. The number of aromatic amines is 1. The van der Waals surface area contributed by atoms with E-state index in [0.717, 1.165) is 23.0 Å². The van der Waals surface area contributed by atoms with Crippen LogP contribution >= 0.6 is 23.4 Å². The van der Waals surface area contributed by atoms with E-state index in [1.54, 1.807) is 24.4 Å². The molecular weight excluding hydrogens is 394 g/mol. The highest BCUT2D eigenvalue weighted by Gasteiger charge is 2.17. The van der Waals surface area contributed by atoms with E-state index in [1.165, 1.54) is 6.33 Å². The molecule has 2 aromatic carbocycles. The van der Waals surface area contributed by atoms with Gasteiger partial charge in [-0.05, 0) is 30.3 Å². The summed E-state index contributed by atoms with van der Waals surface area (Å²) < 4.78 is 0. The molecule has 0 aliphatic carbocycles. The summed E-state index contributed by atoms with van der Waals surface area (Å²) in [4.78, 5) is 28.4. The minimum absolute atomic E-state index is 0.239. The molecule has 2 N–H and O–H groups in total. The number of amides is 1. The van der Waals surface area contributed by atoms with Crippen LogP contribution in [0.5, 0.6) is 0 Å². The number of halogens is 1. The summed E-state index contributed by atoms with van der Waals surface area (Å²) in [6.45, 7) is 0. The van der Waals surface area contributed by atoms with Crippen molar-refractivity contribution in [1.29, 1.82) is 0 Å². The Bertz CT molecular complexity index is 1080. The topological polar surface area (TPSA) is 83.6 Å². The number of nitrogens with one attached hydrogen (secondary N) is 2. The van der Waals surface area contributed by atoms with E-state index < -0.39 is 0 Å². The molecule has 0 saturated carbocycles. The Morgan fingerprint density at radius 3 is 2.54 bits per heavy atom. The molecule has 8 heteroatoms. The van der Waals surface area contributed by atoms with Gasteiger partial charge in [-0.1, -0.05) is 41.9 Å². The van der Waals surface area contributed by atoms with Crippen LogP contribution in [0.15, 0.2) is 78.3 Å². The Hall–Kier alpha value is -3.16. The van der Waals surface area contributed by atoms with Crippen molar-refractivity contribution in [2.45, 2.75) is 5.16 Å². The van der Waals surface area contributed by atoms with Crippen molar-refractivity contribution in [3.63, 3.8) is 0 Å². The Labute approximate surface area is 170 Å². The molecule has 4 aromatic rings. The van der Waals surface area contributed by atoms with Crippen LogP contribution in [0.3, 0.4) is 0 Å². The van der Waals surface area contributed by atoms with Crippen molar-refractivity contribution < 1.29 is 4.79 Å². The van der Waals surface area contributed by atoms with E-state index in [1.807, 2.05) is 42.5 Å². The maximum atomic E-state index is 12.4. The van der Waals surface area contributed by atoms with Crippen molar-refractivity contribution in [3.8, 4) is 22.6 Å². The van der Waals surface area contributed by atoms with Crippen LogP contribution in [0.2, 0.25) is 5.02 Å². The van der Waals surface area contributed by atoms with Crippen LogP contribution in [-0.2, 0) is 0 Å². The quantitative estimate of drug-likeness (QED) is 0.435. The summed E-state index contributed by atoms with van der Waals surface area (Å²) in [6.07, 6.45) is 3.13. The molecule has 6 nitrogen and oxygen atoms in total. The number of para-hydroxylation sites is 1. The second-order valence-electron chi connectivity index (χ2n) is 5.75. The maximum Gasteiger partial charge on any atom is 0.291 e. The third-order valence-electron chi connectivity index (χ3n) is 3.85. The first kappa shape index (κ1) is 18.2. The molecule has 0 radical (unpaired) electrons. The van der Waals surface area contributed by atoms with Gasteiger partial charge in [0.25, 0.3) is 5.24 Å². The molecule has 2 aromatic heterocycles. The van der Waals surface area contributed by atoms with Crippen LogP contribution in [0.25, 0.3) is 22.6 Å². The zero-order valence-corrected chi connectivity index (χ0v) is 16.0. The fourth-order valence-corrected chi connectivity index (χ4v) is 3.35. The van der Waals surface area contributed by atoms with Crippen molar-refractivity contribution in [3.05, 3.63) is 78.2 Å². The average molecular weight is 408 g/mol. The van der Waals surface area contributed by atoms with Gasteiger partial charge in [0.15, 0.2) is 5.16 Å². The molecule has 1 amide bonds. The summed E-state index contributed by atoms with van der Waals surface area (Å²) in [7, 11) is 0. The zero-order chi connectivity index (χ0) is 19.3. The van der Waals surface area contributed by atoms with Crippen LogP contribution in [0.4, 0.5) is 10.5 Å². The molecule has 0 atom stereocenters. The number of anilines is 1. The Kier molecular flexibility index (Phi) is 5.36. The molecule has 0 fully saturated rings. The molecule has 0 bridgehead atoms. The van der Waals surface area contributed by atoms with Crippen LogP contribution in [0, 0.1) is 0 Å². The van der Waals surface area contributed by atoms with Gasteiger partial charge in [-0.2, -0.15) is 0 Å². The number of nitrogens with zero attached hydrogens (tertiary/aromatic N) is 3. The highest BCUT2D eigenvalue weighted by molar-refractivity contribution is 8.13. The minimum atomic E-state index is -0.239. The summed E-state index contributed by atoms with van der Waals surface area (Å²) in [6, 6.07) is 18.4. The number of thioether (sulfide) groups is 1. The monoisotopic (exact) mass is 407 g/mol. The lowest BCUT2D eigenvalue weighted by atomic mass is 10.1. The molecule has 0 spiro atoms. The number of benzene rings is 2. The summed E-state index contributed by atoms with van der Waals surface area (Å²) in [5.41, 5.74) is 3.66. The van der Waals surface area contributed by atoms with Gasteiger partial charge in [-0.25, -0.2) is 15.0 Å². The molecule has 4 rings (SSSR count). The molecule has 28 heavy (non-hydrogen) atoms. The minimum Gasteiger partial charge on any atom is -0.331 e. The van der Waals surface area contributed by atoms with E-state index >= 15 is 0 Å². The molecule has 2 heterocycles. The second kappa shape index (κ2) is 8.24. The van der Waals surface area contributed by atoms with Crippen molar-refractivity contribution in [1.82, 2.24) is 19.9 Å². The SMILES string of the molecule is O=C(Nc1ccccc1)Sc1nc(-c2ccc(Cl)cc2)c(-c2ccncn2)[nH]1. The average Bonchev–Trinajstić information content (AvgIpc) is 3.13. The predicted octanol–water partition coefficient (Wildman–Crippen LogP) is 5.51. The van der Waals surface area contributed by atoms with Gasteiger partial charge in [-0.15, -0.1) is 0 Å². The number of carbonyl (C=O) groups is 1. The Balaban J connectivity index is 1.65. The standard InChI is InChI=1S/C20H14ClN5OS/c21-14-8-6-13(7-9-14)17-18(16-10-11-22-12-23-16)26-19(25-17)28-20(27)24-15-4-2-1-3-5-15/h1-12H,(H,24,27)(H,25,26). The first-order valence-electron chi connectivity index (χ1n) is 8.35. The first-order chi connectivity index (χ1) is 13.7. The lowest BCUT2D eigenvalue weighted by Crippen LogP contribution is -2.04. The molecule has 0 aliphatic heterocycles. The number of aromatic nitrogens is 4. The van der Waals surface area contributed by atoms with E-state index in [2.05, 4.69) is 25.3 Å². The van der Waals surface area contributed by atoms with Crippen LogP contribution in [0.1, 0.15) is 0 Å². The number of H-pyrrole nitrogens is 1. The Morgan fingerprint density at radius 1 is 1.04 bits per heavy atom. The lowest BCUT2D eigenvalue weighted by Gasteiger charge is -2.02. The fourth-order valence-electron chi connectivity index (χ4n) is 2.59. The van der Waals surface area contributed by atoms with Crippen LogP contribution < -0.4 is 5.32 Å². The molecule has 0 unspecified atom stereocenters. The summed E-state index contributed by atoms with van der Waals surface area (Å²) in [5, 5.41) is 3.69. The van der Waals surface area contributed by atoms with Gasteiger partial charge in [-0.3, -0.25) is 4.79 Å². The van der Waals surface area contributed by atoms with Crippen molar-refractivity contribution in [2.75, 3.05) is 5.32 Å². The van der Waals surface area contributed by atoms with E-state index in [0.29, 0.717) is 27.3 Å². The predicted molar refractivity (Wildman–Crippen MR) is 111 cm³/mol. The normalized spacial score (nSPS) is 10.6. The third kappa shape index (κ3) is 4.21. The number of imidazole rings is 1. The van der Waals surface area contributed by atoms with Gasteiger partial charge in [0.1, 0.15) is 6.33 Å². The Morgan fingerprint density at radius 2 is 1.82 bits per heavy atom.